The van der Waals surface area contributed by atoms with E-state index in [9.17, 15) is 13.6 Å². The molecule has 0 aliphatic carbocycles. The third-order valence-corrected chi connectivity index (χ3v) is 3.65. The monoisotopic (exact) mass is 282 g/mol. The standard InChI is InChI=1S/C15H20F2N2O/c1-10-8-13(17)14(9-12(10)16)19-15(20)6-5-11-4-2-3-7-18-11/h8-9,11,18H,2-7H2,1H3,(H,19,20). The molecule has 1 amide bonds. The molecule has 0 radical (unpaired) electrons. The molecule has 1 unspecified atom stereocenters. The van der Waals surface area contributed by atoms with Gasteiger partial charge in [0.1, 0.15) is 11.6 Å². The van der Waals surface area contributed by atoms with Crippen molar-refractivity contribution in [3.8, 4) is 0 Å². The molecule has 0 bridgehead atoms. The molecule has 0 spiro atoms. The first-order chi connectivity index (χ1) is 9.56. The topological polar surface area (TPSA) is 41.1 Å². The molecule has 1 aromatic rings. The van der Waals surface area contributed by atoms with E-state index in [0.29, 0.717) is 12.5 Å². The molecule has 1 fully saturated rings. The van der Waals surface area contributed by atoms with Crippen molar-refractivity contribution >= 4 is 11.6 Å². The Balaban J connectivity index is 1.86. The highest BCUT2D eigenvalue weighted by molar-refractivity contribution is 5.90. The van der Waals surface area contributed by atoms with Crippen LogP contribution < -0.4 is 10.6 Å². The lowest BCUT2D eigenvalue weighted by Gasteiger charge is -2.23. The van der Waals surface area contributed by atoms with Crippen molar-refractivity contribution in [2.24, 2.45) is 0 Å². The van der Waals surface area contributed by atoms with Crippen LogP contribution in [0.15, 0.2) is 12.1 Å². The van der Waals surface area contributed by atoms with Gasteiger partial charge in [-0.15, -0.1) is 0 Å². The van der Waals surface area contributed by atoms with Crippen LogP contribution in [-0.4, -0.2) is 18.5 Å². The molecule has 1 aliphatic rings. The number of rotatable bonds is 4. The summed E-state index contributed by atoms with van der Waals surface area (Å²) in [6.07, 6.45) is 4.46. The van der Waals surface area contributed by atoms with Gasteiger partial charge in [-0.05, 0) is 44.4 Å². The smallest absolute Gasteiger partial charge is 0.224 e. The Labute approximate surface area is 117 Å². The summed E-state index contributed by atoms with van der Waals surface area (Å²) in [7, 11) is 0. The molecule has 0 saturated carbocycles. The van der Waals surface area contributed by atoms with Gasteiger partial charge in [-0.25, -0.2) is 8.78 Å². The summed E-state index contributed by atoms with van der Waals surface area (Å²) in [6, 6.07) is 2.48. The number of amides is 1. The molecule has 5 heteroatoms. The highest BCUT2D eigenvalue weighted by Gasteiger charge is 2.15. The lowest BCUT2D eigenvalue weighted by Crippen LogP contribution is -2.34. The van der Waals surface area contributed by atoms with Crippen LogP contribution in [0.3, 0.4) is 0 Å². The van der Waals surface area contributed by atoms with E-state index < -0.39 is 11.6 Å². The molecule has 2 N–H and O–H groups in total. The van der Waals surface area contributed by atoms with E-state index in [1.165, 1.54) is 19.8 Å². The molecule has 1 saturated heterocycles. The van der Waals surface area contributed by atoms with Crippen LogP contribution in [0.25, 0.3) is 0 Å². The normalized spacial score (nSPS) is 18.9. The van der Waals surface area contributed by atoms with Crippen molar-refractivity contribution in [3.05, 3.63) is 29.3 Å². The third kappa shape index (κ3) is 4.00. The van der Waals surface area contributed by atoms with Gasteiger partial charge in [0.25, 0.3) is 0 Å². The summed E-state index contributed by atoms with van der Waals surface area (Å²) in [5, 5.41) is 5.79. The molecule has 1 heterocycles. The molecule has 20 heavy (non-hydrogen) atoms. The van der Waals surface area contributed by atoms with Crippen LogP contribution >= 0.6 is 0 Å². The van der Waals surface area contributed by atoms with Crippen LogP contribution in [0.4, 0.5) is 14.5 Å². The minimum Gasteiger partial charge on any atom is -0.324 e. The summed E-state index contributed by atoms with van der Waals surface area (Å²) in [4.78, 5) is 11.8. The van der Waals surface area contributed by atoms with Gasteiger partial charge in [-0.1, -0.05) is 6.42 Å². The Kier molecular flexibility index (Phi) is 5.06. The molecular weight excluding hydrogens is 262 g/mol. The van der Waals surface area contributed by atoms with Crippen LogP contribution in [-0.2, 0) is 4.79 Å². The second kappa shape index (κ2) is 6.79. The number of hydrogen-bond acceptors (Lipinski definition) is 2. The van der Waals surface area contributed by atoms with Crippen molar-refractivity contribution in [1.29, 1.82) is 0 Å². The minimum absolute atomic E-state index is 0.0882. The maximum atomic E-state index is 13.6. The number of carbonyl (C=O) groups is 1. The molecule has 2 rings (SSSR count). The first kappa shape index (κ1) is 14.9. The molecular formula is C15H20F2N2O. The summed E-state index contributed by atoms with van der Waals surface area (Å²) >= 11 is 0. The second-order valence-electron chi connectivity index (χ2n) is 5.31. The lowest BCUT2D eigenvalue weighted by molar-refractivity contribution is -0.116. The van der Waals surface area contributed by atoms with Crippen LogP contribution in [0.2, 0.25) is 0 Å². The van der Waals surface area contributed by atoms with Gasteiger partial charge >= 0.3 is 0 Å². The van der Waals surface area contributed by atoms with E-state index in [4.69, 9.17) is 0 Å². The van der Waals surface area contributed by atoms with Crippen LogP contribution in [0, 0.1) is 18.6 Å². The number of hydrogen-bond donors (Lipinski definition) is 2. The molecule has 0 aromatic heterocycles. The Morgan fingerprint density at radius 1 is 1.35 bits per heavy atom. The highest BCUT2D eigenvalue weighted by Crippen LogP contribution is 2.19. The number of carbonyl (C=O) groups excluding carboxylic acids is 1. The number of piperidine rings is 1. The average molecular weight is 282 g/mol. The van der Waals surface area contributed by atoms with Gasteiger partial charge in [-0.2, -0.15) is 0 Å². The van der Waals surface area contributed by atoms with Crippen molar-refractivity contribution in [3.63, 3.8) is 0 Å². The predicted molar refractivity (Wildman–Crippen MR) is 74.6 cm³/mol. The first-order valence-corrected chi connectivity index (χ1v) is 7.05. The van der Waals surface area contributed by atoms with E-state index >= 15 is 0 Å². The Morgan fingerprint density at radius 3 is 2.85 bits per heavy atom. The lowest BCUT2D eigenvalue weighted by atomic mass is 10.0. The number of anilines is 1. The second-order valence-corrected chi connectivity index (χ2v) is 5.31. The average Bonchev–Trinajstić information content (AvgIpc) is 2.44. The SMILES string of the molecule is Cc1cc(F)c(NC(=O)CCC2CCCCN2)cc1F. The van der Waals surface area contributed by atoms with Crippen LogP contribution in [0.1, 0.15) is 37.7 Å². The van der Waals surface area contributed by atoms with E-state index in [0.717, 1.165) is 31.5 Å². The van der Waals surface area contributed by atoms with E-state index in [-0.39, 0.29) is 17.2 Å². The van der Waals surface area contributed by atoms with E-state index in [2.05, 4.69) is 10.6 Å². The molecule has 1 aromatic carbocycles. The zero-order chi connectivity index (χ0) is 14.5. The Morgan fingerprint density at radius 2 is 2.15 bits per heavy atom. The van der Waals surface area contributed by atoms with Crippen molar-refractivity contribution in [2.45, 2.75) is 45.1 Å². The zero-order valence-corrected chi connectivity index (χ0v) is 11.6. The summed E-state index contributed by atoms with van der Waals surface area (Å²) in [5.41, 5.74) is 0.140. The molecule has 3 nitrogen and oxygen atoms in total. The largest absolute Gasteiger partial charge is 0.324 e. The zero-order valence-electron chi connectivity index (χ0n) is 11.6. The van der Waals surface area contributed by atoms with Gasteiger partial charge < -0.3 is 10.6 Å². The van der Waals surface area contributed by atoms with Crippen molar-refractivity contribution in [1.82, 2.24) is 5.32 Å². The number of aryl methyl sites for hydroxylation is 1. The molecule has 1 aliphatic heterocycles. The summed E-state index contributed by atoms with van der Waals surface area (Å²) in [6.45, 7) is 2.48. The van der Waals surface area contributed by atoms with E-state index in [1.807, 2.05) is 0 Å². The Bertz CT molecular complexity index is 485. The number of nitrogens with one attached hydrogen (secondary N) is 2. The Hall–Kier alpha value is -1.49. The van der Waals surface area contributed by atoms with Crippen molar-refractivity contribution in [2.75, 3.05) is 11.9 Å². The number of benzene rings is 1. The van der Waals surface area contributed by atoms with Gasteiger partial charge in [0.2, 0.25) is 5.91 Å². The number of halogens is 2. The van der Waals surface area contributed by atoms with Crippen molar-refractivity contribution < 1.29 is 13.6 Å². The molecule has 1 atom stereocenters. The fourth-order valence-electron chi connectivity index (χ4n) is 2.43. The maximum absolute atomic E-state index is 13.6. The van der Waals surface area contributed by atoms with Crippen LogP contribution in [0.5, 0.6) is 0 Å². The van der Waals surface area contributed by atoms with Gasteiger partial charge in [-0.3, -0.25) is 4.79 Å². The van der Waals surface area contributed by atoms with Gasteiger partial charge in [0, 0.05) is 18.5 Å². The summed E-state index contributed by atoms with van der Waals surface area (Å²) in [5.74, 6) is -1.40. The van der Waals surface area contributed by atoms with Gasteiger partial charge in [0.15, 0.2) is 0 Å². The van der Waals surface area contributed by atoms with Gasteiger partial charge in [0.05, 0.1) is 5.69 Å². The first-order valence-electron chi connectivity index (χ1n) is 7.05. The minimum atomic E-state index is -0.604. The summed E-state index contributed by atoms with van der Waals surface area (Å²) < 4.78 is 27.0. The fourth-order valence-corrected chi connectivity index (χ4v) is 2.43. The fraction of sp³-hybridized carbons (Fsp3) is 0.533. The highest BCUT2D eigenvalue weighted by atomic mass is 19.1. The maximum Gasteiger partial charge on any atom is 0.224 e. The molecule has 110 valence electrons. The van der Waals surface area contributed by atoms with E-state index in [1.54, 1.807) is 0 Å². The third-order valence-electron chi connectivity index (χ3n) is 3.65. The predicted octanol–water partition coefficient (Wildman–Crippen LogP) is 3.13. The quantitative estimate of drug-likeness (QED) is 0.890.